The van der Waals surface area contributed by atoms with Crippen molar-refractivity contribution in [1.82, 2.24) is 20.3 Å². The third kappa shape index (κ3) is 4.34. The number of piperidine rings is 1. The Hall–Kier alpha value is -1.44. The molecule has 0 unspecified atom stereocenters. The van der Waals surface area contributed by atoms with E-state index in [9.17, 15) is 9.90 Å². The number of hydrogen-bond donors (Lipinski definition) is 2. The smallest absolute Gasteiger partial charge is 0.273 e. The lowest BCUT2D eigenvalue weighted by Crippen LogP contribution is -2.37. The minimum absolute atomic E-state index is 0.131. The van der Waals surface area contributed by atoms with Gasteiger partial charge in [0.15, 0.2) is 11.5 Å². The van der Waals surface area contributed by atoms with Crippen LogP contribution in [-0.4, -0.2) is 71.8 Å². The van der Waals surface area contributed by atoms with Crippen molar-refractivity contribution in [2.75, 3.05) is 39.8 Å². The van der Waals surface area contributed by atoms with Crippen LogP contribution in [0.1, 0.15) is 42.4 Å². The second-order valence-corrected chi connectivity index (χ2v) is 7.67. The molecular formula is C17H28N4O3. The largest absolute Gasteiger partial charge is 0.393 e. The summed E-state index contributed by atoms with van der Waals surface area (Å²) >= 11 is 0. The summed E-state index contributed by atoms with van der Waals surface area (Å²) in [6.07, 6.45) is 2.48. The Morgan fingerprint density at radius 3 is 2.88 bits per heavy atom. The highest BCUT2D eigenvalue weighted by Gasteiger charge is 2.32. The number of amides is 1. The van der Waals surface area contributed by atoms with Crippen molar-refractivity contribution in [3.05, 3.63) is 17.5 Å². The summed E-state index contributed by atoms with van der Waals surface area (Å²) in [6, 6.07) is 1.73. The van der Waals surface area contributed by atoms with Gasteiger partial charge in [0.25, 0.3) is 5.91 Å². The van der Waals surface area contributed by atoms with Gasteiger partial charge in [-0.3, -0.25) is 9.69 Å². The zero-order chi connectivity index (χ0) is 17.2. The Bertz CT molecular complexity index is 568. The zero-order valence-electron chi connectivity index (χ0n) is 14.6. The lowest BCUT2D eigenvalue weighted by Gasteiger charge is -2.28. The first-order valence-corrected chi connectivity index (χ1v) is 8.76. The summed E-state index contributed by atoms with van der Waals surface area (Å²) in [5.74, 6) is 0.526. The van der Waals surface area contributed by atoms with Crippen LogP contribution in [0.2, 0.25) is 0 Å². The molecule has 7 nitrogen and oxygen atoms in total. The summed E-state index contributed by atoms with van der Waals surface area (Å²) in [6.45, 7) is 7.25. The van der Waals surface area contributed by atoms with E-state index in [2.05, 4.69) is 34.2 Å². The highest BCUT2D eigenvalue weighted by Crippen LogP contribution is 2.27. The van der Waals surface area contributed by atoms with E-state index in [0.717, 1.165) is 45.4 Å². The van der Waals surface area contributed by atoms with Crippen LogP contribution in [-0.2, 0) is 6.54 Å². The van der Waals surface area contributed by atoms with Crippen LogP contribution in [0.3, 0.4) is 0 Å². The van der Waals surface area contributed by atoms with Crippen LogP contribution < -0.4 is 5.32 Å². The summed E-state index contributed by atoms with van der Waals surface area (Å²) in [5, 5.41) is 16.4. The molecule has 24 heavy (non-hydrogen) atoms. The zero-order valence-corrected chi connectivity index (χ0v) is 14.6. The highest BCUT2D eigenvalue weighted by atomic mass is 16.5. The van der Waals surface area contributed by atoms with Gasteiger partial charge in [0.1, 0.15) is 0 Å². The van der Waals surface area contributed by atoms with Gasteiger partial charge in [-0.05, 0) is 38.3 Å². The Morgan fingerprint density at radius 1 is 1.46 bits per heavy atom. The van der Waals surface area contributed by atoms with Gasteiger partial charge < -0.3 is 19.8 Å². The molecule has 0 bridgehead atoms. The molecule has 2 fully saturated rings. The van der Waals surface area contributed by atoms with Gasteiger partial charge in [0.2, 0.25) is 0 Å². The highest BCUT2D eigenvalue weighted by molar-refractivity contribution is 5.92. The van der Waals surface area contributed by atoms with Gasteiger partial charge in [0.05, 0.1) is 12.6 Å². The van der Waals surface area contributed by atoms with Crippen molar-refractivity contribution < 1.29 is 14.4 Å². The number of likely N-dealkylation sites (tertiary alicyclic amines) is 2. The predicted molar refractivity (Wildman–Crippen MR) is 89.6 cm³/mol. The lowest BCUT2D eigenvalue weighted by molar-refractivity contribution is 0.0748. The van der Waals surface area contributed by atoms with Crippen LogP contribution in [0.25, 0.3) is 0 Å². The van der Waals surface area contributed by atoms with Gasteiger partial charge in [-0.25, -0.2) is 0 Å². The summed E-state index contributed by atoms with van der Waals surface area (Å²) in [5.41, 5.74) is 0.475. The third-order valence-corrected chi connectivity index (χ3v) is 5.15. The SMILES string of the molecule is CN1CC[C@@](C)(CNC(=O)c2cc(CN3CCC(O)CC3)on2)C1. The van der Waals surface area contributed by atoms with Crippen molar-refractivity contribution >= 4 is 5.91 Å². The van der Waals surface area contributed by atoms with Crippen LogP contribution >= 0.6 is 0 Å². The number of nitrogens with one attached hydrogen (secondary N) is 1. The Labute approximate surface area is 143 Å². The molecule has 2 N–H and O–H groups in total. The summed E-state index contributed by atoms with van der Waals surface area (Å²) < 4.78 is 5.31. The maximum Gasteiger partial charge on any atom is 0.273 e. The van der Waals surface area contributed by atoms with Crippen molar-refractivity contribution in [1.29, 1.82) is 0 Å². The molecule has 3 rings (SSSR count). The number of carbonyl (C=O) groups is 1. The van der Waals surface area contributed by atoms with Crippen LogP contribution in [0.15, 0.2) is 10.6 Å². The molecule has 0 radical (unpaired) electrons. The maximum atomic E-state index is 12.3. The van der Waals surface area contributed by atoms with Gasteiger partial charge in [-0.1, -0.05) is 12.1 Å². The molecule has 7 heteroatoms. The number of aliphatic hydroxyl groups is 1. The van der Waals surface area contributed by atoms with Crippen molar-refractivity contribution in [3.8, 4) is 0 Å². The second-order valence-electron chi connectivity index (χ2n) is 7.67. The first-order chi connectivity index (χ1) is 11.4. The van der Waals surface area contributed by atoms with E-state index < -0.39 is 0 Å². The Balaban J connectivity index is 1.48. The number of hydrogen-bond acceptors (Lipinski definition) is 6. The molecule has 1 aromatic heterocycles. The van der Waals surface area contributed by atoms with Gasteiger partial charge in [-0.2, -0.15) is 0 Å². The quantitative estimate of drug-likeness (QED) is 0.824. The monoisotopic (exact) mass is 336 g/mol. The van der Waals surface area contributed by atoms with Crippen LogP contribution in [0, 0.1) is 5.41 Å². The third-order valence-electron chi connectivity index (χ3n) is 5.15. The number of aliphatic hydroxyl groups excluding tert-OH is 1. The maximum absolute atomic E-state index is 12.3. The summed E-state index contributed by atoms with van der Waals surface area (Å²) in [7, 11) is 2.11. The fourth-order valence-electron chi connectivity index (χ4n) is 3.59. The molecule has 0 aliphatic carbocycles. The molecule has 1 atom stereocenters. The lowest BCUT2D eigenvalue weighted by atomic mass is 9.90. The second kappa shape index (κ2) is 7.21. The fourth-order valence-corrected chi connectivity index (χ4v) is 3.59. The molecule has 1 amide bonds. The molecule has 2 aliphatic heterocycles. The number of carbonyl (C=O) groups excluding carboxylic acids is 1. The average Bonchev–Trinajstić information content (AvgIpc) is 3.15. The average molecular weight is 336 g/mol. The molecule has 2 aliphatic rings. The Kier molecular flexibility index (Phi) is 5.22. The molecule has 2 saturated heterocycles. The number of aromatic nitrogens is 1. The Morgan fingerprint density at radius 2 is 2.21 bits per heavy atom. The van der Waals surface area contributed by atoms with Crippen LogP contribution in [0.5, 0.6) is 0 Å². The van der Waals surface area contributed by atoms with E-state index in [1.54, 1.807) is 6.07 Å². The first kappa shape index (κ1) is 17.4. The van der Waals surface area contributed by atoms with E-state index in [1.807, 2.05) is 0 Å². The van der Waals surface area contributed by atoms with Gasteiger partial charge in [-0.15, -0.1) is 0 Å². The van der Waals surface area contributed by atoms with Crippen molar-refractivity contribution in [3.63, 3.8) is 0 Å². The topological polar surface area (TPSA) is 81.8 Å². The van der Waals surface area contributed by atoms with E-state index in [-0.39, 0.29) is 17.4 Å². The predicted octanol–water partition coefficient (Wildman–Crippen LogP) is 0.703. The minimum atomic E-state index is -0.187. The molecule has 1 aromatic rings. The summed E-state index contributed by atoms with van der Waals surface area (Å²) in [4.78, 5) is 16.8. The minimum Gasteiger partial charge on any atom is -0.393 e. The number of rotatable bonds is 5. The van der Waals surface area contributed by atoms with Gasteiger partial charge in [0, 0.05) is 32.2 Å². The standard InChI is InChI=1S/C17H28N4O3/c1-17(5-8-20(2)12-17)11-18-16(23)15-9-14(24-19-15)10-21-6-3-13(22)4-7-21/h9,13,22H,3-8,10-12H2,1-2H3,(H,18,23)/t17-/m0/s1. The van der Waals surface area contributed by atoms with E-state index in [1.165, 1.54) is 0 Å². The van der Waals surface area contributed by atoms with Crippen molar-refractivity contribution in [2.45, 2.75) is 38.8 Å². The van der Waals surface area contributed by atoms with Gasteiger partial charge >= 0.3 is 0 Å². The molecule has 0 spiro atoms. The van der Waals surface area contributed by atoms with Crippen molar-refractivity contribution in [2.24, 2.45) is 5.41 Å². The van der Waals surface area contributed by atoms with Crippen LogP contribution in [0.4, 0.5) is 0 Å². The molecule has 3 heterocycles. The van der Waals surface area contributed by atoms with E-state index in [0.29, 0.717) is 24.5 Å². The number of nitrogens with zero attached hydrogens (tertiary/aromatic N) is 3. The van der Waals surface area contributed by atoms with E-state index >= 15 is 0 Å². The molecule has 0 saturated carbocycles. The molecule has 134 valence electrons. The normalized spacial score (nSPS) is 26.8. The molecular weight excluding hydrogens is 308 g/mol. The fraction of sp³-hybridized carbons (Fsp3) is 0.765. The molecule has 0 aromatic carbocycles. The van der Waals surface area contributed by atoms with E-state index in [4.69, 9.17) is 4.52 Å². The first-order valence-electron chi connectivity index (χ1n) is 8.76.